The molecule has 2 aromatic rings. The highest BCUT2D eigenvalue weighted by molar-refractivity contribution is 5.85. The first kappa shape index (κ1) is 19.2. The van der Waals surface area contributed by atoms with Gasteiger partial charge in [0, 0.05) is 12.8 Å². The first-order chi connectivity index (χ1) is 12.9. The van der Waals surface area contributed by atoms with E-state index in [1.54, 1.807) is 0 Å². The summed E-state index contributed by atoms with van der Waals surface area (Å²) >= 11 is 0. The van der Waals surface area contributed by atoms with Crippen LogP contribution in [0.5, 0.6) is 11.5 Å². The van der Waals surface area contributed by atoms with Crippen LogP contribution in [0.4, 0.5) is 0 Å². The fourth-order valence-electron chi connectivity index (χ4n) is 3.23. The minimum atomic E-state index is -0.311. The highest BCUT2D eigenvalue weighted by Gasteiger charge is 2.38. The van der Waals surface area contributed by atoms with Crippen LogP contribution in [0.25, 0.3) is 0 Å². The predicted molar refractivity (Wildman–Crippen MR) is 104 cm³/mol. The zero-order valence-corrected chi connectivity index (χ0v) is 16.2. The van der Waals surface area contributed by atoms with Gasteiger partial charge in [0.1, 0.15) is 18.1 Å². The maximum absolute atomic E-state index is 12.0. The summed E-state index contributed by atoms with van der Waals surface area (Å²) in [5.74, 6) is 1.98. The van der Waals surface area contributed by atoms with Crippen LogP contribution >= 0.6 is 0 Å². The number of benzene rings is 2. The average molecular weight is 366 g/mol. The Morgan fingerprint density at radius 3 is 2.26 bits per heavy atom. The van der Waals surface area contributed by atoms with Gasteiger partial charge in [0.05, 0.1) is 0 Å². The van der Waals surface area contributed by atoms with E-state index < -0.39 is 0 Å². The lowest BCUT2D eigenvalue weighted by atomic mass is 10.0. The highest BCUT2D eigenvalue weighted by atomic mass is 16.5. The van der Waals surface area contributed by atoms with E-state index in [2.05, 4.69) is 19.1 Å². The molecule has 0 heterocycles. The summed E-state index contributed by atoms with van der Waals surface area (Å²) in [5, 5.41) is 0. The Morgan fingerprint density at radius 1 is 1.04 bits per heavy atom. The fraction of sp³-hybridized carbons (Fsp3) is 0.391. The molecule has 4 heteroatoms. The number of hydrogen-bond donors (Lipinski definition) is 0. The van der Waals surface area contributed by atoms with E-state index in [0.717, 1.165) is 30.6 Å². The van der Waals surface area contributed by atoms with Gasteiger partial charge in [0.25, 0.3) is 0 Å². The molecule has 0 aromatic heterocycles. The number of hydrogen-bond acceptors (Lipinski definition) is 4. The molecule has 142 valence electrons. The summed E-state index contributed by atoms with van der Waals surface area (Å²) in [7, 11) is 0. The molecule has 0 radical (unpaired) electrons. The van der Waals surface area contributed by atoms with Crippen molar-refractivity contribution in [2.75, 3.05) is 6.61 Å². The van der Waals surface area contributed by atoms with E-state index in [-0.39, 0.29) is 24.3 Å². The third kappa shape index (κ3) is 5.43. The molecule has 1 aliphatic rings. The van der Waals surface area contributed by atoms with Crippen LogP contribution in [0.2, 0.25) is 0 Å². The smallest absolute Gasteiger partial charge is 0.308 e. The van der Waals surface area contributed by atoms with Gasteiger partial charge in [-0.2, -0.15) is 0 Å². The molecule has 2 aromatic carbocycles. The van der Waals surface area contributed by atoms with Gasteiger partial charge in [-0.05, 0) is 67.0 Å². The highest BCUT2D eigenvalue weighted by Crippen LogP contribution is 2.38. The molecule has 0 aliphatic heterocycles. The molecule has 4 nitrogen and oxygen atoms in total. The normalized spacial score (nSPS) is 18.0. The lowest BCUT2D eigenvalue weighted by Crippen LogP contribution is -2.14. The molecule has 2 unspecified atom stereocenters. The summed E-state index contributed by atoms with van der Waals surface area (Å²) in [6.45, 7) is 5.68. The molecule has 0 amide bonds. The van der Waals surface area contributed by atoms with Crippen molar-refractivity contribution in [1.82, 2.24) is 0 Å². The van der Waals surface area contributed by atoms with E-state index in [1.165, 1.54) is 18.1 Å². The van der Waals surface area contributed by atoms with Gasteiger partial charge in [-0.25, -0.2) is 0 Å². The molecule has 3 rings (SSSR count). The van der Waals surface area contributed by atoms with Crippen molar-refractivity contribution in [1.29, 1.82) is 0 Å². The molecule has 1 fully saturated rings. The molecule has 1 saturated carbocycles. The minimum absolute atomic E-state index is 0.171. The van der Waals surface area contributed by atoms with E-state index >= 15 is 0 Å². The van der Waals surface area contributed by atoms with Crippen LogP contribution < -0.4 is 9.47 Å². The molecule has 0 bridgehead atoms. The number of ketones is 1. The molecular weight excluding hydrogens is 340 g/mol. The summed E-state index contributed by atoms with van der Waals surface area (Å²) in [4.78, 5) is 22.9. The summed E-state index contributed by atoms with van der Waals surface area (Å²) in [5.41, 5.74) is 3.47. The van der Waals surface area contributed by atoms with Gasteiger partial charge in [-0.3, -0.25) is 9.59 Å². The summed E-state index contributed by atoms with van der Waals surface area (Å²) < 4.78 is 10.8. The zero-order valence-electron chi connectivity index (χ0n) is 16.2. The Balaban J connectivity index is 1.51. The number of Topliss-reactive ketones (excluding diaryl/α,β-unsaturated/α-hetero) is 1. The van der Waals surface area contributed by atoms with E-state index in [4.69, 9.17) is 9.47 Å². The molecular formula is C23H26O4. The van der Waals surface area contributed by atoms with Crippen LogP contribution in [0.3, 0.4) is 0 Å². The molecule has 0 spiro atoms. The Bertz CT molecular complexity index is 823. The quantitative estimate of drug-likeness (QED) is 0.516. The first-order valence-corrected chi connectivity index (χ1v) is 9.45. The minimum Gasteiger partial charge on any atom is -0.486 e. The van der Waals surface area contributed by atoms with Gasteiger partial charge in [-0.15, -0.1) is 0 Å². The molecule has 27 heavy (non-hydrogen) atoms. The van der Waals surface area contributed by atoms with Crippen molar-refractivity contribution in [3.05, 3.63) is 59.2 Å². The van der Waals surface area contributed by atoms with Crippen LogP contribution in [0.1, 0.15) is 37.0 Å². The second-order valence-corrected chi connectivity index (χ2v) is 7.41. The van der Waals surface area contributed by atoms with Crippen molar-refractivity contribution in [3.63, 3.8) is 0 Å². The maximum atomic E-state index is 12.0. The zero-order chi connectivity index (χ0) is 19.4. The summed E-state index contributed by atoms with van der Waals surface area (Å²) in [6.07, 6.45) is 2.81. The largest absolute Gasteiger partial charge is 0.486 e. The van der Waals surface area contributed by atoms with Crippen LogP contribution in [0.15, 0.2) is 42.5 Å². The Hall–Kier alpha value is -2.62. The number of carbonyl (C=O) groups excluding carboxylic acids is 2. The second kappa shape index (κ2) is 8.38. The number of carbonyl (C=O) groups is 2. The second-order valence-electron chi connectivity index (χ2n) is 7.41. The molecule has 1 aliphatic carbocycles. The molecule has 2 atom stereocenters. The number of ether oxygens (including phenoxy) is 2. The van der Waals surface area contributed by atoms with Gasteiger partial charge in [0.2, 0.25) is 0 Å². The first-order valence-electron chi connectivity index (χ1n) is 9.45. The monoisotopic (exact) mass is 366 g/mol. The third-order valence-electron chi connectivity index (χ3n) is 5.02. The van der Waals surface area contributed by atoms with Gasteiger partial charge in [-0.1, -0.05) is 31.2 Å². The Kier molecular flexibility index (Phi) is 5.94. The average Bonchev–Trinajstić information content (AvgIpc) is 3.36. The third-order valence-corrected chi connectivity index (χ3v) is 5.02. The Morgan fingerprint density at radius 2 is 1.67 bits per heavy atom. The van der Waals surface area contributed by atoms with Gasteiger partial charge in [0.15, 0.2) is 5.78 Å². The van der Waals surface area contributed by atoms with Crippen LogP contribution in [-0.2, 0) is 22.4 Å². The fourth-order valence-corrected chi connectivity index (χ4v) is 3.23. The number of rotatable bonds is 8. The van der Waals surface area contributed by atoms with Gasteiger partial charge >= 0.3 is 5.97 Å². The number of esters is 1. The van der Waals surface area contributed by atoms with Crippen LogP contribution in [0, 0.1) is 18.8 Å². The summed E-state index contributed by atoms with van der Waals surface area (Å²) in [6, 6.07) is 13.7. The van der Waals surface area contributed by atoms with E-state index in [1.807, 2.05) is 37.3 Å². The molecule has 0 saturated heterocycles. The standard InChI is InChI=1S/C23H26O4/c1-15-13-21(15)22(25)14-26-23-11-8-19(12-16(23)2)5-4-18-6-9-20(10-7-18)27-17(3)24/h6-12,15,21H,4-5,13-14H2,1-3H3. The van der Waals surface area contributed by atoms with Crippen molar-refractivity contribution in [2.45, 2.75) is 40.0 Å². The van der Waals surface area contributed by atoms with Crippen molar-refractivity contribution in [2.24, 2.45) is 11.8 Å². The van der Waals surface area contributed by atoms with Crippen molar-refractivity contribution < 1.29 is 19.1 Å². The SMILES string of the molecule is CC(=O)Oc1ccc(CCc2ccc(OCC(=O)C3CC3C)c(C)c2)cc1. The predicted octanol–water partition coefficient (Wildman–Crippen LogP) is 4.31. The lowest BCUT2D eigenvalue weighted by Gasteiger charge is -2.10. The number of aryl methyl sites for hydroxylation is 3. The lowest BCUT2D eigenvalue weighted by molar-refractivity contribution is -0.131. The Labute approximate surface area is 160 Å². The van der Waals surface area contributed by atoms with E-state index in [9.17, 15) is 9.59 Å². The van der Waals surface area contributed by atoms with Gasteiger partial charge < -0.3 is 9.47 Å². The topological polar surface area (TPSA) is 52.6 Å². The van der Waals surface area contributed by atoms with Crippen molar-refractivity contribution >= 4 is 11.8 Å². The maximum Gasteiger partial charge on any atom is 0.308 e. The van der Waals surface area contributed by atoms with Crippen LogP contribution in [-0.4, -0.2) is 18.4 Å². The van der Waals surface area contributed by atoms with E-state index in [0.29, 0.717) is 11.7 Å². The van der Waals surface area contributed by atoms with Crippen molar-refractivity contribution in [3.8, 4) is 11.5 Å². The molecule has 0 N–H and O–H groups in total.